The largest absolute Gasteiger partial charge is 0.462 e. The monoisotopic (exact) mass is 323 g/mol. The molecule has 1 amide bonds. The van der Waals surface area contributed by atoms with E-state index in [1.54, 1.807) is 18.3 Å². The predicted octanol–water partition coefficient (Wildman–Crippen LogP) is 4.03. The van der Waals surface area contributed by atoms with Crippen molar-refractivity contribution in [1.29, 1.82) is 0 Å². The predicted molar refractivity (Wildman–Crippen MR) is 89.5 cm³/mol. The van der Waals surface area contributed by atoms with Crippen LogP contribution in [-0.4, -0.2) is 18.5 Å². The maximum absolute atomic E-state index is 12.3. The molecule has 0 spiro atoms. The van der Waals surface area contributed by atoms with Crippen LogP contribution < -0.4 is 5.32 Å². The highest BCUT2D eigenvalue weighted by molar-refractivity contribution is 7.17. The van der Waals surface area contributed by atoms with E-state index in [0.29, 0.717) is 35.4 Å². The number of rotatable bonds is 5. The molecule has 0 aromatic carbocycles. The summed E-state index contributed by atoms with van der Waals surface area (Å²) in [4.78, 5) is 25.6. The number of hydrogen-bond donors (Lipinski definition) is 1. The van der Waals surface area contributed by atoms with Gasteiger partial charge in [-0.25, -0.2) is 4.79 Å². The Hall–Kier alpha value is -1.36. The number of esters is 1. The summed E-state index contributed by atoms with van der Waals surface area (Å²) in [5, 5.41) is 3.60. The summed E-state index contributed by atoms with van der Waals surface area (Å²) in [6, 6.07) is 0. The van der Waals surface area contributed by atoms with Crippen LogP contribution in [0.5, 0.6) is 0 Å². The highest BCUT2D eigenvalue weighted by Gasteiger charge is 2.29. The Morgan fingerprint density at radius 2 is 2.14 bits per heavy atom. The Labute approximate surface area is 136 Å². The van der Waals surface area contributed by atoms with Crippen molar-refractivity contribution < 1.29 is 14.3 Å². The van der Waals surface area contributed by atoms with Gasteiger partial charge in [-0.05, 0) is 43.6 Å². The summed E-state index contributed by atoms with van der Waals surface area (Å²) in [6.45, 7) is 8.39. The molecule has 1 aliphatic carbocycles. The van der Waals surface area contributed by atoms with Gasteiger partial charge in [0.15, 0.2) is 0 Å². The zero-order chi connectivity index (χ0) is 16.3. The number of thiophene rings is 1. The maximum Gasteiger partial charge on any atom is 0.341 e. The van der Waals surface area contributed by atoms with Gasteiger partial charge in [-0.15, -0.1) is 11.3 Å². The fourth-order valence-corrected chi connectivity index (χ4v) is 4.22. The van der Waals surface area contributed by atoms with Gasteiger partial charge in [-0.3, -0.25) is 4.79 Å². The third kappa shape index (κ3) is 3.88. The second kappa shape index (κ2) is 7.27. The molecule has 1 aromatic rings. The third-order valence-electron chi connectivity index (χ3n) is 3.84. The lowest BCUT2D eigenvalue weighted by atomic mass is 9.88. The molecule has 22 heavy (non-hydrogen) atoms. The summed E-state index contributed by atoms with van der Waals surface area (Å²) in [7, 11) is 0. The number of anilines is 1. The van der Waals surface area contributed by atoms with E-state index in [0.717, 1.165) is 24.8 Å². The van der Waals surface area contributed by atoms with Crippen molar-refractivity contribution in [3.05, 3.63) is 16.0 Å². The van der Waals surface area contributed by atoms with E-state index in [-0.39, 0.29) is 11.9 Å². The van der Waals surface area contributed by atoms with E-state index >= 15 is 0 Å². The van der Waals surface area contributed by atoms with Crippen molar-refractivity contribution in [2.24, 2.45) is 11.8 Å². The number of hydrogen-bond acceptors (Lipinski definition) is 4. The third-order valence-corrected chi connectivity index (χ3v) is 5.01. The molecule has 0 saturated heterocycles. The Morgan fingerprint density at radius 1 is 1.41 bits per heavy atom. The number of carbonyl (C=O) groups is 2. The van der Waals surface area contributed by atoms with Crippen LogP contribution in [0.1, 0.15) is 61.3 Å². The average molecular weight is 323 g/mol. The van der Waals surface area contributed by atoms with Crippen molar-refractivity contribution in [3.8, 4) is 0 Å². The van der Waals surface area contributed by atoms with Crippen LogP contribution in [-0.2, 0) is 22.4 Å². The molecule has 2 rings (SSSR count). The molecule has 0 aliphatic heterocycles. The molecule has 1 aliphatic rings. The smallest absolute Gasteiger partial charge is 0.341 e. The maximum atomic E-state index is 12.3. The highest BCUT2D eigenvalue weighted by atomic mass is 32.1. The quantitative estimate of drug-likeness (QED) is 0.832. The molecule has 0 fully saturated rings. The molecule has 0 saturated carbocycles. The summed E-state index contributed by atoms with van der Waals surface area (Å²) in [6.07, 6.45) is 3.41. The van der Waals surface area contributed by atoms with E-state index in [1.807, 2.05) is 13.8 Å². The molecule has 1 N–H and O–H groups in total. The van der Waals surface area contributed by atoms with Crippen molar-refractivity contribution in [3.63, 3.8) is 0 Å². The van der Waals surface area contributed by atoms with Crippen molar-refractivity contribution in [2.45, 2.75) is 53.4 Å². The molecule has 1 atom stereocenters. The van der Waals surface area contributed by atoms with E-state index in [9.17, 15) is 9.59 Å². The molecular weight excluding hydrogens is 298 g/mol. The lowest BCUT2D eigenvalue weighted by Gasteiger charge is -2.18. The first-order valence-corrected chi connectivity index (χ1v) is 8.85. The van der Waals surface area contributed by atoms with Gasteiger partial charge in [0, 0.05) is 11.3 Å². The van der Waals surface area contributed by atoms with Gasteiger partial charge in [0.25, 0.3) is 0 Å². The van der Waals surface area contributed by atoms with Gasteiger partial charge in [0.1, 0.15) is 5.00 Å². The van der Waals surface area contributed by atoms with Crippen LogP contribution in [0.15, 0.2) is 0 Å². The van der Waals surface area contributed by atoms with Crippen molar-refractivity contribution >= 4 is 28.2 Å². The Balaban J connectivity index is 2.31. The van der Waals surface area contributed by atoms with Gasteiger partial charge in [0.2, 0.25) is 5.91 Å². The molecule has 1 unspecified atom stereocenters. The SMILES string of the molecule is CCOC(=O)c1c(NC(=O)CC(C)C)sc2c1CCC(C)C2. The Kier molecular flexibility index (Phi) is 5.62. The molecule has 4 nitrogen and oxygen atoms in total. The van der Waals surface area contributed by atoms with Crippen LogP contribution in [0.3, 0.4) is 0 Å². The molecule has 0 radical (unpaired) electrons. The minimum atomic E-state index is -0.311. The second-order valence-electron chi connectivity index (χ2n) is 6.42. The highest BCUT2D eigenvalue weighted by Crippen LogP contribution is 2.40. The molecule has 5 heteroatoms. The molecule has 122 valence electrons. The van der Waals surface area contributed by atoms with Gasteiger partial charge in [-0.1, -0.05) is 20.8 Å². The Bertz CT molecular complexity index is 562. The number of carbonyl (C=O) groups excluding carboxylic acids is 2. The van der Waals surface area contributed by atoms with Crippen LogP contribution in [0, 0.1) is 11.8 Å². The summed E-state index contributed by atoms with van der Waals surface area (Å²) in [5.74, 6) is 0.572. The second-order valence-corrected chi connectivity index (χ2v) is 7.53. The molecule has 1 heterocycles. The first-order valence-electron chi connectivity index (χ1n) is 8.03. The standard InChI is InChI=1S/C17H25NO3S/c1-5-21-17(20)15-12-7-6-11(4)9-13(12)22-16(15)18-14(19)8-10(2)3/h10-11H,5-9H2,1-4H3,(H,18,19). The number of amides is 1. The molecule has 0 bridgehead atoms. The lowest BCUT2D eigenvalue weighted by Crippen LogP contribution is -2.17. The van der Waals surface area contributed by atoms with Gasteiger partial charge in [-0.2, -0.15) is 0 Å². The number of nitrogens with one attached hydrogen (secondary N) is 1. The fraction of sp³-hybridized carbons (Fsp3) is 0.647. The average Bonchev–Trinajstić information content (AvgIpc) is 2.74. The van der Waals surface area contributed by atoms with Crippen LogP contribution in [0.25, 0.3) is 0 Å². The van der Waals surface area contributed by atoms with Gasteiger partial charge in [0.05, 0.1) is 12.2 Å². The van der Waals surface area contributed by atoms with Gasteiger partial charge < -0.3 is 10.1 Å². The Morgan fingerprint density at radius 3 is 2.77 bits per heavy atom. The van der Waals surface area contributed by atoms with Crippen molar-refractivity contribution in [1.82, 2.24) is 0 Å². The first kappa shape index (κ1) is 17.0. The van der Waals surface area contributed by atoms with Crippen LogP contribution >= 0.6 is 11.3 Å². The zero-order valence-electron chi connectivity index (χ0n) is 13.8. The topological polar surface area (TPSA) is 55.4 Å². The van der Waals surface area contributed by atoms with E-state index in [4.69, 9.17) is 4.74 Å². The lowest BCUT2D eigenvalue weighted by molar-refractivity contribution is -0.116. The molecule has 1 aromatic heterocycles. The minimum absolute atomic E-state index is 0.0350. The zero-order valence-corrected chi connectivity index (χ0v) is 14.6. The molecular formula is C17H25NO3S. The van der Waals surface area contributed by atoms with E-state index in [2.05, 4.69) is 12.2 Å². The van der Waals surface area contributed by atoms with E-state index < -0.39 is 0 Å². The van der Waals surface area contributed by atoms with Crippen molar-refractivity contribution in [2.75, 3.05) is 11.9 Å². The first-order chi connectivity index (χ1) is 10.4. The fourth-order valence-electron chi connectivity index (χ4n) is 2.81. The summed E-state index contributed by atoms with van der Waals surface area (Å²) in [5.41, 5.74) is 1.67. The summed E-state index contributed by atoms with van der Waals surface area (Å²) >= 11 is 1.54. The van der Waals surface area contributed by atoms with Crippen LogP contribution in [0.4, 0.5) is 5.00 Å². The minimum Gasteiger partial charge on any atom is -0.462 e. The van der Waals surface area contributed by atoms with E-state index in [1.165, 1.54) is 4.88 Å². The number of fused-ring (bicyclic) bond motifs is 1. The van der Waals surface area contributed by atoms with Gasteiger partial charge >= 0.3 is 5.97 Å². The van der Waals surface area contributed by atoms with Crippen LogP contribution in [0.2, 0.25) is 0 Å². The number of ether oxygens (including phenoxy) is 1. The normalized spacial score (nSPS) is 17.2. The summed E-state index contributed by atoms with van der Waals surface area (Å²) < 4.78 is 5.20.